The van der Waals surface area contributed by atoms with Gasteiger partial charge in [-0.2, -0.15) is 0 Å². The standard InChI is InChI=1S/C19H22N2O6S/c1-4-27-15-11-9-14(10-12-15)21(28(3,24)25)13-18(22)20-17-8-6-5-7-16(17)19(23)26-2/h5-12H,4,13H2,1-3H3,(H,20,22). The van der Waals surface area contributed by atoms with Crippen molar-refractivity contribution in [3.8, 4) is 5.75 Å². The van der Waals surface area contributed by atoms with Gasteiger partial charge in [-0.05, 0) is 43.3 Å². The van der Waals surface area contributed by atoms with Gasteiger partial charge in [-0.25, -0.2) is 13.2 Å². The first-order valence-electron chi connectivity index (χ1n) is 8.44. The molecule has 0 heterocycles. The van der Waals surface area contributed by atoms with Crippen molar-refractivity contribution in [2.24, 2.45) is 0 Å². The molecule has 0 saturated heterocycles. The van der Waals surface area contributed by atoms with E-state index in [0.717, 1.165) is 10.6 Å². The lowest BCUT2D eigenvalue weighted by Gasteiger charge is -2.22. The SMILES string of the molecule is CCOc1ccc(N(CC(=O)Nc2ccccc2C(=O)OC)S(C)(=O)=O)cc1. The third-order valence-corrected chi connectivity index (χ3v) is 4.87. The number of rotatable bonds is 8. The highest BCUT2D eigenvalue weighted by atomic mass is 32.2. The Morgan fingerprint density at radius 3 is 2.29 bits per heavy atom. The number of nitrogens with zero attached hydrogens (tertiary/aromatic N) is 1. The Bertz CT molecular complexity index is 941. The van der Waals surface area contributed by atoms with E-state index in [1.165, 1.54) is 19.2 Å². The molecular weight excluding hydrogens is 384 g/mol. The van der Waals surface area contributed by atoms with Crippen LogP contribution >= 0.6 is 0 Å². The molecule has 2 aromatic rings. The molecule has 2 aromatic carbocycles. The molecule has 0 radical (unpaired) electrons. The Labute approximate surface area is 164 Å². The molecule has 2 rings (SSSR count). The Morgan fingerprint density at radius 2 is 1.71 bits per heavy atom. The summed E-state index contributed by atoms with van der Waals surface area (Å²) >= 11 is 0. The summed E-state index contributed by atoms with van der Waals surface area (Å²) in [5.74, 6) is -0.616. The van der Waals surface area contributed by atoms with E-state index >= 15 is 0 Å². The van der Waals surface area contributed by atoms with Crippen LogP contribution in [0.5, 0.6) is 5.75 Å². The molecule has 0 bridgehead atoms. The maximum Gasteiger partial charge on any atom is 0.339 e. The Hall–Kier alpha value is -3.07. The van der Waals surface area contributed by atoms with Crippen molar-refractivity contribution in [1.29, 1.82) is 0 Å². The third-order valence-electron chi connectivity index (χ3n) is 3.73. The predicted octanol–water partition coefficient (Wildman–Crippen LogP) is 2.28. The molecule has 0 aliphatic carbocycles. The van der Waals surface area contributed by atoms with E-state index in [9.17, 15) is 18.0 Å². The van der Waals surface area contributed by atoms with E-state index in [0.29, 0.717) is 18.0 Å². The highest BCUT2D eigenvalue weighted by molar-refractivity contribution is 7.92. The number of nitrogens with one attached hydrogen (secondary N) is 1. The summed E-state index contributed by atoms with van der Waals surface area (Å²) in [5, 5.41) is 2.56. The summed E-state index contributed by atoms with van der Waals surface area (Å²) in [4.78, 5) is 24.3. The number of para-hydroxylation sites is 1. The highest BCUT2D eigenvalue weighted by Gasteiger charge is 2.22. The van der Waals surface area contributed by atoms with Gasteiger partial charge in [0.1, 0.15) is 12.3 Å². The maximum absolute atomic E-state index is 12.5. The average molecular weight is 406 g/mol. The van der Waals surface area contributed by atoms with Crippen molar-refractivity contribution in [3.63, 3.8) is 0 Å². The fourth-order valence-corrected chi connectivity index (χ4v) is 3.33. The van der Waals surface area contributed by atoms with Crippen LogP contribution in [0.4, 0.5) is 11.4 Å². The zero-order valence-electron chi connectivity index (χ0n) is 15.8. The minimum atomic E-state index is -3.72. The van der Waals surface area contributed by atoms with E-state index in [1.807, 2.05) is 6.92 Å². The van der Waals surface area contributed by atoms with E-state index in [2.05, 4.69) is 10.1 Å². The number of benzene rings is 2. The number of anilines is 2. The first kappa shape index (κ1) is 21.2. The van der Waals surface area contributed by atoms with Crippen LogP contribution in [0.15, 0.2) is 48.5 Å². The fourth-order valence-electron chi connectivity index (χ4n) is 2.48. The predicted molar refractivity (Wildman–Crippen MR) is 106 cm³/mol. The summed E-state index contributed by atoms with van der Waals surface area (Å²) < 4.78 is 35.4. The van der Waals surface area contributed by atoms with E-state index in [1.54, 1.807) is 36.4 Å². The molecule has 0 atom stereocenters. The van der Waals surface area contributed by atoms with E-state index < -0.39 is 28.4 Å². The summed E-state index contributed by atoms with van der Waals surface area (Å²) in [6.45, 7) is 1.87. The maximum atomic E-state index is 12.5. The van der Waals surface area contributed by atoms with Gasteiger partial charge in [0.25, 0.3) is 0 Å². The van der Waals surface area contributed by atoms with Crippen molar-refractivity contribution >= 4 is 33.3 Å². The Kier molecular flexibility index (Phi) is 7.00. The van der Waals surface area contributed by atoms with Crippen LogP contribution in [-0.2, 0) is 19.6 Å². The zero-order valence-corrected chi connectivity index (χ0v) is 16.7. The van der Waals surface area contributed by atoms with Gasteiger partial charge in [0.2, 0.25) is 15.9 Å². The van der Waals surface area contributed by atoms with Gasteiger partial charge in [0.15, 0.2) is 0 Å². The normalized spacial score (nSPS) is 10.8. The van der Waals surface area contributed by atoms with Crippen molar-refractivity contribution in [2.75, 3.05) is 36.1 Å². The number of sulfonamides is 1. The van der Waals surface area contributed by atoms with Gasteiger partial charge in [-0.3, -0.25) is 9.10 Å². The number of esters is 1. The third kappa shape index (κ3) is 5.46. The molecule has 0 aliphatic rings. The van der Waals surface area contributed by atoms with Crippen LogP contribution in [-0.4, -0.2) is 46.8 Å². The highest BCUT2D eigenvalue weighted by Crippen LogP contribution is 2.22. The van der Waals surface area contributed by atoms with Crippen molar-refractivity contribution in [3.05, 3.63) is 54.1 Å². The second-order valence-corrected chi connectivity index (χ2v) is 7.69. The summed E-state index contributed by atoms with van der Waals surface area (Å²) in [7, 11) is -2.49. The van der Waals surface area contributed by atoms with E-state index in [4.69, 9.17) is 4.74 Å². The molecule has 0 spiro atoms. The number of methoxy groups -OCH3 is 1. The number of amides is 1. The first-order chi connectivity index (χ1) is 13.3. The van der Waals surface area contributed by atoms with Crippen LogP contribution in [0, 0.1) is 0 Å². The number of carbonyl (C=O) groups is 2. The van der Waals surface area contributed by atoms with Crippen molar-refractivity contribution in [1.82, 2.24) is 0 Å². The number of ether oxygens (including phenoxy) is 2. The van der Waals surface area contributed by atoms with Gasteiger partial charge >= 0.3 is 5.97 Å². The Morgan fingerprint density at radius 1 is 1.07 bits per heavy atom. The number of hydrogen-bond donors (Lipinski definition) is 1. The lowest BCUT2D eigenvalue weighted by Crippen LogP contribution is -2.37. The number of hydrogen-bond acceptors (Lipinski definition) is 6. The molecule has 0 aromatic heterocycles. The van der Waals surface area contributed by atoms with Crippen LogP contribution in [0.3, 0.4) is 0 Å². The molecular formula is C19H22N2O6S. The van der Waals surface area contributed by atoms with Crippen molar-refractivity contribution in [2.45, 2.75) is 6.92 Å². The smallest absolute Gasteiger partial charge is 0.339 e. The van der Waals surface area contributed by atoms with Crippen LogP contribution < -0.4 is 14.4 Å². The largest absolute Gasteiger partial charge is 0.494 e. The van der Waals surface area contributed by atoms with E-state index in [-0.39, 0.29) is 11.3 Å². The fraction of sp³-hybridized carbons (Fsp3) is 0.263. The van der Waals surface area contributed by atoms with Crippen molar-refractivity contribution < 1.29 is 27.5 Å². The molecule has 0 unspecified atom stereocenters. The molecule has 1 amide bonds. The second kappa shape index (κ2) is 9.23. The van der Waals surface area contributed by atoms with Gasteiger partial charge in [-0.15, -0.1) is 0 Å². The molecule has 8 nitrogen and oxygen atoms in total. The molecule has 9 heteroatoms. The zero-order chi connectivity index (χ0) is 20.7. The van der Waals surface area contributed by atoms with Crippen LogP contribution in [0.25, 0.3) is 0 Å². The van der Waals surface area contributed by atoms with Crippen LogP contribution in [0.2, 0.25) is 0 Å². The molecule has 1 N–H and O–H groups in total. The molecule has 150 valence electrons. The van der Waals surface area contributed by atoms with Crippen LogP contribution in [0.1, 0.15) is 17.3 Å². The Balaban J connectivity index is 2.22. The first-order valence-corrected chi connectivity index (χ1v) is 10.3. The minimum absolute atomic E-state index is 0.172. The lowest BCUT2D eigenvalue weighted by atomic mass is 10.2. The monoisotopic (exact) mass is 406 g/mol. The molecule has 0 saturated carbocycles. The minimum Gasteiger partial charge on any atom is -0.494 e. The van der Waals surface area contributed by atoms with Gasteiger partial charge in [0, 0.05) is 0 Å². The lowest BCUT2D eigenvalue weighted by molar-refractivity contribution is -0.114. The molecule has 0 aliphatic heterocycles. The van der Waals surface area contributed by atoms with Gasteiger partial charge in [-0.1, -0.05) is 12.1 Å². The summed E-state index contributed by atoms with van der Waals surface area (Å²) in [6.07, 6.45) is 1.01. The molecule has 28 heavy (non-hydrogen) atoms. The van der Waals surface area contributed by atoms with Gasteiger partial charge in [0.05, 0.1) is 36.9 Å². The quantitative estimate of drug-likeness (QED) is 0.675. The average Bonchev–Trinajstić information content (AvgIpc) is 2.66. The molecule has 0 fully saturated rings. The topological polar surface area (TPSA) is 102 Å². The summed E-state index contributed by atoms with van der Waals surface area (Å²) in [5.41, 5.74) is 0.729. The number of carbonyl (C=O) groups excluding carboxylic acids is 2. The van der Waals surface area contributed by atoms with Gasteiger partial charge < -0.3 is 14.8 Å². The second-order valence-electron chi connectivity index (χ2n) is 5.78. The summed E-state index contributed by atoms with van der Waals surface area (Å²) in [6, 6.07) is 12.7.